The molecule has 1 amide bonds. The molecular formula is C24H16ClF4N3O3. The second-order valence-corrected chi connectivity index (χ2v) is 7.67. The Morgan fingerprint density at radius 3 is 2.37 bits per heavy atom. The zero-order valence-electron chi connectivity index (χ0n) is 17.8. The van der Waals surface area contributed by atoms with E-state index in [9.17, 15) is 22.4 Å². The number of nitrogens with zero attached hydrogens (tertiary/aromatic N) is 2. The fourth-order valence-electron chi connectivity index (χ4n) is 2.99. The largest absolute Gasteiger partial charge is 0.483 e. The van der Waals surface area contributed by atoms with Crippen molar-refractivity contribution in [1.82, 2.24) is 9.78 Å². The first-order valence-corrected chi connectivity index (χ1v) is 10.4. The lowest BCUT2D eigenvalue weighted by Crippen LogP contribution is -2.12. The lowest BCUT2D eigenvalue weighted by atomic mass is 10.1. The Morgan fingerprint density at radius 1 is 0.971 bits per heavy atom. The molecule has 0 unspecified atom stereocenters. The highest BCUT2D eigenvalue weighted by Crippen LogP contribution is 2.27. The molecule has 0 aliphatic carbocycles. The quantitative estimate of drug-likeness (QED) is 0.237. The topological polar surface area (TPSA) is 65.4 Å². The number of carbonyl (C=O) groups excluding carboxylic acids is 1. The highest BCUT2D eigenvalue weighted by Gasteiger charge is 2.20. The van der Waals surface area contributed by atoms with Crippen molar-refractivity contribution in [2.45, 2.75) is 13.3 Å². The van der Waals surface area contributed by atoms with Crippen LogP contribution in [0.2, 0.25) is 5.02 Å². The van der Waals surface area contributed by atoms with Gasteiger partial charge < -0.3 is 14.8 Å². The summed E-state index contributed by atoms with van der Waals surface area (Å²) in [7, 11) is 0. The molecule has 4 aromatic rings. The van der Waals surface area contributed by atoms with Crippen LogP contribution in [0.1, 0.15) is 15.9 Å². The van der Waals surface area contributed by atoms with Gasteiger partial charge in [-0.15, -0.1) is 0 Å². The molecule has 0 fully saturated rings. The summed E-state index contributed by atoms with van der Waals surface area (Å²) in [5.74, 6) is -7.40. The predicted molar refractivity (Wildman–Crippen MR) is 119 cm³/mol. The number of rotatable bonds is 8. The van der Waals surface area contributed by atoms with Crippen LogP contribution >= 0.6 is 11.6 Å². The molecule has 0 spiro atoms. The number of carbonyl (C=O) groups is 1. The third kappa shape index (κ3) is 5.90. The molecule has 4 rings (SSSR count). The van der Waals surface area contributed by atoms with Gasteiger partial charge in [0.2, 0.25) is 11.6 Å². The number of amides is 1. The number of hydrogen-bond donors (Lipinski definition) is 1. The lowest BCUT2D eigenvalue weighted by molar-refractivity contribution is 0.102. The van der Waals surface area contributed by atoms with Gasteiger partial charge in [0.15, 0.2) is 24.1 Å². The Balaban J connectivity index is 1.32. The van der Waals surface area contributed by atoms with Crippen LogP contribution in [0.25, 0.3) is 0 Å². The number of aromatic nitrogens is 2. The van der Waals surface area contributed by atoms with E-state index in [1.165, 1.54) is 35.1 Å². The number of benzene rings is 3. The van der Waals surface area contributed by atoms with Gasteiger partial charge in [-0.3, -0.25) is 4.79 Å². The molecule has 11 heteroatoms. The summed E-state index contributed by atoms with van der Waals surface area (Å²) < 4.78 is 65.9. The highest BCUT2D eigenvalue weighted by molar-refractivity contribution is 6.30. The van der Waals surface area contributed by atoms with Crippen LogP contribution in [0.4, 0.5) is 23.2 Å². The molecule has 6 nitrogen and oxygen atoms in total. The number of nitrogens with one attached hydrogen (secondary N) is 1. The summed E-state index contributed by atoms with van der Waals surface area (Å²) in [6.07, 6.45) is 3.02. The molecule has 0 saturated carbocycles. The van der Waals surface area contributed by atoms with E-state index in [2.05, 4.69) is 10.4 Å². The van der Waals surface area contributed by atoms with Gasteiger partial charge in [0.05, 0.1) is 18.1 Å². The second kappa shape index (κ2) is 10.5. The van der Waals surface area contributed by atoms with E-state index in [1.807, 2.05) is 0 Å². The Labute approximate surface area is 201 Å². The van der Waals surface area contributed by atoms with Crippen molar-refractivity contribution in [3.63, 3.8) is 0 Å². The summed E-state index contributed by atoms with van der Waals surface area (Å²) in [6.45, 7) is -0.278. The Morgan fingerprint density at radius 2 is 1.69 bits per heavy atom. The van der Waals surface area contributed by atoms with E-state index in [0.29, 0.717) is 22.0 Å². The Bertz CT molecular complexity index is 1340. The average Bonchev–Trinajstić information content (AvgIpc) is 3.29. The minimum Gasteiger partial charge on any atom is -0.483 e. The van der Waals surface area contributed by atoms with Crippen molar-refractivity contribution in [1.29, 1.82) is 0 Å². The first-order chi connectivity index (χ1) is 16.8. The smallest absolute Gasteiger partial charge is 0.255 e. The van der Waals surface area contributed by atoms with Crippen LogP contribution < -0.4 is 14.8 Å². The lowest BCUT2D eigenvalue weighted by Gasteiger charge is -2.10. The van der Waals surface area contributed by atoms with E-state index >= 15 is 0 Å². The standard InChI is InChI=1S/C24H16ClF4N3O3/c25-16-2-1-3-18(8-16)35-13-32-11-17(10-30-32)31-24(33)15-6-4-14(5-7-15)12-34-23-21(28)19(26)9-20(27)22(23)29/h1-11H,12-13H2,(H,31,33). The summed E-state index contributed by atoms with van der Waals surface area (Å²) >= 11 is 5.91. The Hall–Kier alpha value is -4.05. The molecule has 0 saturated heterocycles. The van der Waals surface area contributed by atoms with E-state index < -0.39 is 34.9 Å². The molecule has 1 heterocycles. The van der Waals surface area contributed by atoms with Gasteiger partial charge in [0, 0.05) is 16.7 Å². The highest BCUT2D eigenvalue weighted by atomic mass is 35.5. The zero-order chi connectivity index (χ0) is 24.9. The number of halogens is 5. The van der Waals surface area contributed by atoms with Crippen molar-refractivity contribution in [2.75, 3.05) is 5.32 Å². The van der Waals surface area contributed by atoms with Crippen LogP contribution in [-0.4, -0.2) is 15.7 Å². The average molecular weight is 506 g/mol. The normalized spacial score (nSPS) is 10.8. The molecular weight excluding hydrogens is 490 g/mol. The third-order valence-electron chi connectivity index (χ3n) is 4.72. The maximum absolute atomic E-state index is 13.7. The molecule has 35 heavy (non-hydrogen) atoms. The number of ether oxygens (including phenoxy) is 2. The molecule has 1 aromatic heterocycles. The van der Waals surface area contributed by atoms with Gasteiger partial charge in [0.1, 0.15) is 12.4 Å². The van der Waals surface area contributed by atoms with Crippen LogP contribution in [0.5, 0.6) is 11.5 Å². The van der Waals surface area contributed by atoms with Gasteiger partial charge >= 0.3 is 0 Å². The first-order valence-electron chi connectivity index (χ1n) is 10.1. The van der Waals surface area contributed by atoms with Crippen molar-refractivity contribution < 1.29 is 31.8 Å². The maximum atomic E-state index is 13.7. The predicted octanol–water partition coefficient (Wildman–Crippen LogP) is 5.96. The third-order valence-corrected chi connectivity index (χ3v) is 4.96. The van der Waals surface area contributed by atoms with E-state index in [1.54, 1.807) is 30.5 Å². The Kier molecular flexibility index (Phi) is 7.21. The van der Waals surface area contributed by atoms with Crippen LogP contribution in [0, 0.1) is 23.3 Å². The molecule has 0 bridgehead atoms. The van der Waals surface area contributed by atoms with Crippen LogP contribution in [0.3, 0.4) is 0 Å². The fourth-order valence-corrected chi connectivity index (χ4v) is 3.17. The van der Waals surface area contributed by atoms with Gasteiger partial charge in [-0.1, -0.05) is 29.8 Å². The zero-order valence-corrected chi connectivity index (χ0v) is 18.5. The monoisotopic (exact) mass is 505 g/mol. The van der Waals surface area contributed by atoms with Gasteiger partial charge in [-0.05, 0) is 35.9 Å². The second-order valence-electron chi connectivity index (χ2n) is 7.24. The van der Waals surface area contributed by atoms with Gasteiger partial charge in [0.25, 0.3) is 5.91 Å². The molecule has 0 atom stereocenters. The van der Waals surface area contributed by atoms with Crippen molar-refractivity contribution in [3.05, 3.63) is 106 Å². The SMILES string of the molecule is O=C(Nc1cnn(COc2cccc(Cl)c2)c1)c1ccc(COc2c(F)c(F)cc(F)c2F)cc1. The van der Waals surface area contributed by atoms with Crippen LogP contribution in [0.15, 0.2) is 67.0 Å². The van der Waals surface area contributed by atoms with E-state index in [4.69, 9.17) is 21.1 Å². The fraction of sp³-hybridized carbons (Fsp3) is 0.0833. The van der Waals surface area contributed by atoms with Gasteiger partial charge in [-0.2, -0.15) is 13.9 Å². The summed E-state index contributed by atoms with van der Waals surface area (Å²) in [5, 5.41) is 7.32. The molecule has 180 valence electrons. The summed E-state index contributed by atoms with van der Waals surface area (Å²) in [5.41, 5.74) is 1.12. The summed E-state index contributed by atoms with van der Waals surface area (Å²) in [6, 6.07) is 12.8. The minimum absolute atomic E-state index is 0.0982. The maximum Gasteiger partial charge on any atom is 0.255 e. The molecule has 0 aliphatic rings. The van der Waals surface area contributed by atoms with Crippen molar-refractivity contribution in [3.8, 4) is 11.5 Å². The first kappa shape index (κ1) is 24.1. The molecule has 0 aliphatic heterocycles. The summed E-state index contributed by atoms with van der Waals surface area (Å²) in [4.78, 5) is 12.5. The van der Waals surface area contributed by atoms with E-state index in [0.717, 1.165) is 0 Å². The minimum atomic E-state index is -1.63. The van der Waals surface area contributed by atoms with Gasteiger partial charge in [-0.25, -0.2) is 13.5 Å². The van der Waals surface area contributed by atoms with Crippen molar-refractivity contribution >= 4 is 23.2 Å². The van der Waals surface area contributed by atoms with E-state index in [-0.39, 0.29) is 25.0 Å². The number of anilines is 1. The van der Waals surface area contributed by atoms with Crippen LogP contribution in [-0.2, 0) is 13.3 Å². The number of hydrogen-bond acceptors (Lipinski definition) is 4. The molecule has 1 N–H and O–H groups in total. The van der Waals surface area contributed by atoms with Crippen molar-refractivity contribution in [2.24, 2.45) is 0 Å². The molecule has 0 radical (unpaired) electrons. The molecule has 3 aromatic carbocycles.